The fourth-order valence-corrected chi connectivity index (χ4v) is 1.43. The molecule has 11 heteroatoms. The second kappa shape index (κ2) is 5.12. The molecule has 5 N–H and O–H groups in total. The molecule has 0 aromatic carbocycles. The largest absolute Gasteiger partial charge is 0.446 e. The maximum atomic E-state index is 10.8. The van der Waals surface area contributed by atoms with E-state index in [2.05, 4.69) is 9.47 Å². The van der Waals surface area contributed by atoms with Gasteiger partial charge in [-0.05, 0) is 0 Å². The Hall–Kier alpha value is -0.980. The van der Waals surface area contributed by atoms with Crippen molar-refractivity contribution in [2.24, 2.45) is 0 Å². The van der Waals surface area contributed by atoms with Crippen LogP contribution in [0.15, 0.2) is 0 Å². The number of hydrogen-bond acceptors (Lipinski definition) is 8. The predicted octanol–water partition coefficient (Wildman–Crippen LogP) is -3.05. The molecule has 100 valence electrons. The summed E-state index contributed by atoms with van der Waals surface area (Å²) in [5.41, 5.74) is 0. The summed E-state index contributed by atoms with van der Waals surface area (Å²) in [5, 5.41) is 27.3. The summed E-state index contributed by atoms with van der Waals surface area (Å²) < 4.78 is 38.6. The van der Waals surface area contributed by atoms with E-state index >= 15 is 0 Å². The van der Waals surface area contributed by atoms with Crippen LogP contribution in [0.5, 0.6) is 0 Å². The SMILES string of the molecule is O=C(NS(=O)(=O)O)OCC1OC(O)C(O)C1O. The van der Waals surface area contributed by atoms with Gasteiger partial charge in [-0.15, -0.1) is 0 Å². The Balaban J connectivity index is 2.40. The molecule has 0 spiro atoms. The molecule has 0 aromatic heterocycles. The number of aliphatic hydroxyl groups excluding tert-OH is 3. The molecule has 4 unspecified atom stereocenters. The van der Waals surface area contributed by atoms with Gasteiger partial charge in [0.15, 0.2) is 6.29 Å². The summed E-state index contributed by atoms with van der Waals surface area (Å²) in [4.78, 5) is 10.8. The van der Waals surface area contributed by atoms with Crippen LogP contribution >= 0.6 is 0 Å². The maximum Gasteiger partial charge on any atom is 0.422 e. The van der Waals surface area contributed by atoms with Gasteiger partial charge in [-0.3, -0.25) is 4.55 Å². The first kappa shape index (κ1) is 14.1. The molecule has 4 atom stereocenters. The van der Waals surface area contributed by atoms with E-state index in [1.807, 2.05) is 0 Å². The first-order chi connectivity index (χ1) is 7.70. The topological polar surface area (TPSA) is 163 Å². The van der Waals surface area contributed by atoms with Crippen LogP contribution in [0.2, 0.25) is 0 Å². The Morgan fingerprint density at radius 3 is 2.29 bits per heavy atom. The molecule has 0 radical (unpaired) electrons. The first-order valence-electron chi connectivity index (χ1n) is 4.32. The molecule has 1 heterocycles. The third-order valence-electron chi connectivity index (χ3n) is 1.93. The lowest BCUT2D eigenvalue weighted by molar-refractivity contribution is -0.133. The number of ether oxygens (including phenoxy) is 2. The smallest absolute Gasteiger partial charge is 0.422 e. The number of hydrogen-bond donors (Lipinski definition) is 5. The second-order valence-electron chi connectivity index (χ2n) is 3.22. The first-order valence-corrected chi connectivity index (χ1v) is 5.76. The van der Waals surface area contributed by atoms with Gasteiger partial charge in [0.1, 0.15) is 24.9 Å². The molecule has 1 rings (SSSR count). The van der Waals surface area contributed by atoms with Gasteiger partial charge in [-0.25, -0.2) is 4.79 Å². The Kier molecular flexibility index (Phi) is 4.24. The van der Waals surface area contributed by atoms with Crippen molar-refractivity contribution in [2.45, 2.75) is 24.6 Å². The van der Waals surface area contributed by atoms with Crippen molar-refractivity contribution in [3.63, 3.8) is 0 Å². The van der Waals surface area contributed by atoms with E-state index in [1.165, 1.54) is 0 Å². The highest BCUT2D eigenvalue weighted by molar-refractivity contribution is 7.84. The van der Waals surface area contributed by atoms with Gasteiger partial charge in [-0.2, -0.15) is 13.1 Å². The number of nitrogens with one attached hydrogen (secondary N) is 1. The Labute approximate surface area is 95.6 Å². The number of aliphatic hydroxyl groups is 3. The average molecular weight is 273 g/mol. The lowest BCUT2D eigenvalue weighted by Crippen LogP contribution is -2.37. The molecule has 0 aromatic rings. The molecule has 10 nitrogen and oxygen atoms in total. The maximum absolute atomic E-state index is 10.8. The van der Waals surface area contributed by atoms with E-state index in [1.54, 1.807) is 0 Å². The number of rotatable bonds is 3. The van der Waals surface area contributed by atoms with Gasteiger partial charge in [0, 0.05) is 0 Å². The molecular formula is C6H11NO9S. The van der Waals surface area contributed by atoms with Gasteiger partial charge in [0.05, 0.1) is 0 Å². The van der Waals surface area contributed by atoms with Crippen LogP contribution in [0.1, 0.15) is 0 Å². The third kappa shape index (κ3) is 4.07. The highest BCUT2D eigenvalue weighted by Gasteiger charge is 2.42. The molecule has 1 fully saturated rings. The van der Waals surface area contributed by atoms with Crippen LogP contribution in [-0.4, -0.2) is 65.6 Å². The van der Waals surface area contributed by atoms with Crippen LogP contribution in [0, 0.1) is 0 Å². The standard InChI is InChI=1S/C6H11NO9S/c8-3-2(16-5(10)4(3)9)1-15-6(11)7-17(12,13)14/h2-5,8-10H,1H2,(H,7,11)(H,12,13,14). The molecular weight excluding hydrogens is 262 g/mol. The van der Waals surface area contributed by atoms with Crippen molar-refractivity contribution in [2.75, 3.05) is 6.61 Å². The third-order valence-corrected chi connectivity index (χ3v) is 2.35. The van der Waals surface area contributed by atoms with Crippen molar-refractivity contribution < 1.29 is 42.6 Å². The van der Waals surface area contributed by atoms with Crippen LogP contribution < -0.4 is 4.72 Å². The predicted molar refractivity (Wildman–Crippen MR) is 48.9 cm³/mol. The van der Waals surface area contributed by atoms with Gasteiger partial charge in [0.2, 0.25) is 0 Å². The minimum atomic E-state index is -4.73. The van der Waals surface area contributed by atoms with Crippen molar-refractivity contribution >= 4 is 16.4 Å². The van der Waals surface area contributed by atoms with E-state index < -0.39 is 47.6 Å². The zero-order valence-electron chi connectivity index (χ0n) is 8.25. The molecule has 0 bridgehead atoms. The van der Waals surface area contributed by atoms with Gasteiger partial charge >= 0.3 is 16.4 Å². The number of carbonyl (C=O) groups excluding carboxylic acids is 1. The van der Waals surface area contributed by atoms with E-state index in [0.717, 1.165) is 4.72 Å². The van der Waals surface area contributed by atoms with E-state index in [4.69, 9.17) is 14.8 Å². The van der Waals surface area contributed by atoms with Crippen LogP contribution in [-0.2, 0) is 19.8 Å². The summed E-state index contributed by atoms with van der Waals surface area (Å²) in [6.45, 7) is -0.614. The fourth-order valence-electron chi connectivity index (χ4n) is 1.16. The van der Waals surface area contributed by atoms with E-state index in [9.17, 15) is 18.3 Å². The summed E-state index contributed by atoms with van der Waals surface area (Å²) in [7, 11) is -4.73. The molecule has 0 aliphatic carbocycles. The Morgan fingerprint density at radius 1 is 1.29 bits per heavy atom. The normalized spacial score (nSPS) is 33.4. The Morgan fingerprint density at radius 2 is 1.88 bits per heavy atom. The molecule has 1 saturated heterocycles. The minimum Gasteiger partial charge on any atom is -0.446 e. The van der Waals surface area contributed by atoms with Gasteiger partial charge in [-0.1, -0.05) is 0 Å². The van der Waals surface area contributed by atoms with Crippen molar-refractivity contribution in [1.29, 1.82) is 0 Å². The number of carbonyl (C=O) groups is 1. The van der Waals surface area contributed by atoms with Gasteiger partial charge < -0.3 is 24.8 Å². The molecule has 0 saturated carbocycles. The van der Waals surface area contributed by atoms with E-state index in [-0.39, 0.29) is 0 Å². The molecule has 17 heavy (non-hydrogen) atoms. The zero-order chi connectivity index (χ0) is 13.2. The summed E-state index contributed by atoms with van der Waals surface area (Å²) >= 11 is 0. The van der Waals surface area contributed by atoms with E-state index in [0.29, 0.717) is 0 Å². The fraction of sp³-hybridized carbons (Fsp3) is 0.833. The second-order valence-corrected chi connectivity index (χ2v) is 4.38. The highest BCUT2D eigenvalue weighted by Crippen LogP contribution is 2.19. The molecule has 1 aliphatic heterocycles. The highest BCUT2D eigenvalue weighted by atomic mass is 32.2. The summed E-state index contributed by atoms with van der Waals surface area (Å²) in [6, 6.07) is 0. The summed E-state index contributed by atoms with van der Waals surface area (Å²) in [5.74, 6) is 0. The average Bonchev–Trinajstić information content (AvgIpc) is 2.40. The minimum absolute atomic E-state index is 0.614. The van der Waals surface area contributed by atoms with Crippen LogP contribution in [0.25, 0.3) is 0 Å². The van der Waals surface area contributed by atoms with Crippen molar-refractivity contribution in [3.8, 4) is 0 Å². The lowest BCUT2D eigenvalue weighted by atomic mass is 10.1. The van der Waals surface area contributed by atoms with Crippen molar-refractivity contribution in [3.05, 3.63) is 0 Å². The monoisotopic (exact) mass is 273 g/mol. The Bertz CT molecular complexity index is 381. The summed E-state index contributed by atoms with van der Waals surface area (Å²) in [6.07, 6.45) is -7.34. The van der Waals surface area contributed by atoms with Crippen molar-refractivity contribution in [1.82, 2.24) is 4.72 Å². The lowest BCUT2D eigenvalue weighted by Gasteiger charge is -2.13. The van der Waals surface area contributed by atoms with Crippen LogP contribution in [0.3, 0.4) is 0 Å². The molecule has 1 aliphatic rings. The van der Waals surface area contributed by atoms with Crippen LogP contribution in [0.4, 0.5) is 4.79 Å². The zero-order valence-corrected chi connectivity index (χ0v) is 9.07. The van der Waals surface area contributed by atoms with Gasteiger partial charge in [0.25, 0.3) is 0 Å². The number of amides is 1. The quantitative estimate of drug-likeness (QED) is 0.336. The molecule has 1 amide bonds.